The van der Waals surface area contributed by atoms with Crippen LogP contribution in [0.5, 0.6) is 0 Å². The van der Waals surface area contributed by atoms with Gasteiger partial charge in [-0.3, -0.25) is 14.9 Å². The molecule has 1 N–H and O–H groups in total. The molecule has 0 fully saturated rings. The smallest absolute Gasteiger partial charge is 0.273 e. The molecule has 0 aliphatic heterocycles. The maximum atomic E-state index is 14.7. The van der Waals surface area contributed by atoms with Gasteiger partial charge in [-0.1, -0.05) is 30.3 Å². The second kappa shape index (κ2) is 8.94. The first-order chi connectivity index (χ1) is 14.6. The number of carbonyl (C=O) groups excluding carboxylic acids is 1. The lowest BCUT2D eigenvalue weighted by Gasteiger charge is -2.09. The number of aromatic nitrogens is 1. The number of halogens is 1. The maximum Gasteiger partial charge on any atom is 0.273 e. The molecule has 0 spiro atoms. The largest absolute Gasteiger partial charge is 0.342 e. The Morgan fingerprint density at radius 1 is 1.19 bits per heavy atom. The SMILES string of the molecule is Cc1c(C(=O)Cc2ccccc2[N+](=O)[O-])c2cccc(F)c2n1CCCNS(C)(=O)=O. The predicted octanol–water partition coefficient (Wildman–Crippen LogP) is 3.36. The second-order valence-electron chi connectivity index (χ2n) is 7.25. The summed E-state index contributed by atoms with van der Waals surface area (Å²) < 4.78 is 41.2. The highest BCUT2D eigenvalue weighted by Crippen LogP contribution is 2.30. The molecule has 0 radical (unpaired) electrons. The van der Waals surface area contributed by atoms with E-state index in [0.29, 0.717) is 29.6 Å². The number of nitrogens with zero attached hydrogens (tertiary/aromatic N) is 2. The van der Waals surface area contributed by atoms with Gasteiger partial charge in [0.1, 0.15) is 5.82 Å². The van der Waals surface area contributed by atoms with Gasteiger partial charge in [-0.2, -0.15) is 0 Å². The van der Waals surface area contributed by atoms with E-state index in [1.807, 2.05) is 0 Å². The molecule has 3 aromatic rings. The molecule has 10 heteroatoms. The average molecular weight is 447 g/mol. The molecule has 2 aromatic carbocycles. The first-order valence-electron chi connectivity index (χ1n) is 9.57. The lowest BCUT2D eigenvalue weighted by atomic mass is 9.99. The highest BCUT2D eigenvalue weighted by atomic mass is 32.2. The summed E-state index contributed by atoms with van der Waals surface area (Å²) in [6, 6.07) is 10.5. The molecule has 0 atom stereocenters. The third-order valence-corrected chi connectivity index (χ3v) is 5.76. The molecule has 8 nitrogen and oxygen atoms in total. The summed E-state index contributed by atoms with van der Waals surface area (Å²) in [7, 11) is -3.34. The monoisotopic (exact) mass is 447 g/mol. The van der Waals surface area contributed by atoms with Gasteiger partial charge in [0.15, 0.2) is 5.78 Å². The van der Waals surface area contributed by atoms with Crippen LogP contribution < -0.4 is 4.72 Å². The zero-order valence-electron chi connectivity index (χ0n) is 17.1. The molecule has 3 rings (SSSR count). The number of hydrogen-bond acceptors (Lipinski definition) is 5. The number of sulfonamides is 1. The van der Waals surface area contributed by atoms with Crippen molar-refractivity contribution in [2.45, 2.75) is 26.3 Å². The van der Waals surface area contributed by atoms with Gasteiger partial charge in [0.25, 0.3) is 5.69 Å². The molecule has 1 aromatic heterocycles. The van der Waals surface area contributed by atoms with E-state index >= 15 is 0 Å². The summed E-state index contributed by atoms with van der Waals surface area (Å²) in [5, 5.41) is 11.7. The Morgan fingerprint density at radius 3 is 2.58 bits per heavy atom. The van der Waals surface area contributed by atoms with E-state index in [1.54, 1.807) is 23.6 Å². The minimum absolute atomic E-state index is 0.143. The second-order valence-corrected chi connectivity index (χ2v) is 9.09. The van der Waals surface area contributed by atoms with E-state index in [-0.39, 0.29) is 35.5 Å². The van der Waals surface area contributed by atoms with Crippen LogP contribution in [-0.4, -0.2) is 36.5 Å². The van der Waals surface area contributed by atoms with Crippen LogP contribution in [0.25, 0.3) is 10.9 Å². The van der Waals surface area contributed by atoms with Crippen molar-refractivity contribution in [2.24, 2.45) is 0 Å². The molecule has 0 unspecified atom stereocenters. The minimum Gasteiger partial charge on any atom is -0.342 e. The third kappa shape index (κ3) is 4.97. The van der Waals surface area contributed by atoms with Crippen molar-refractivity contribution in [3.63, 3.8) is 0 Å². The number of para-hydroxylation sites is 2. The Kier molecular flexibility index (Phi) is 6.51. The van der Waals surface area contributed by atoms with Gasteiger partial charge in [0, 0.05) is 47.8 Å². The van der Waals surface area contributed by atoms with Crippen LogP contribution in [0.4, 0.5) is 10.1 Å². The first-order valence-corrected chi connectivity index (χ1v) is 11.5. The van der Waals surface area contributed by atoms with Crippen LogP contribution in [0.2, 0.25) is 0 Å². The van der Waals surface area contributed by atoms with Crippen LogP contribution >= 0.6 is 0 Å². The summed E-state index contributed by atoms with van der Waals surface area (Å²) in [6.07, 6.45) is 1.26. The normalized spacial score (nSPS) is 11.7. The summed E-state index contributed by atoms with van der Waals surface area (Å²) in [4.78, 5) is 23.9. The number of hydrogen-bond donors (Lipinski definition) is 1. The van der Waals surface area contributed by atoms with Crippen LogP contribution in [0, 0.1) is 22.9 Å². The zero-order valence-corrected chi connectivity index (χ0v) is 17.9. The molecule has 31 heavy (non-hydrogen) atoms. The van der Waals surface area contributed by atoms with Crippen molar-refractivity contribution in [1.29, 1.82) is 0 Å². The van der Waals surface area contributed by atoms with Crippen molar-refractivity contribution in [3.8, 4) is 0 Å². The number of rotatable bonds is 9. The van der Waals surface area contributed by atoms with Crippen molar-refractivity contribution < 1.29 is 22.5 Å². The Hall–Kier alpha value is -3.11. The summed E-state index contributed by atoms with van der Waals surface area (Å²) in [6.45, 7) is 2.16. The fourth-order valence-corrected chi connectivity index (χ4v) is 4.23. The molecule has 0 bridgehead atoms. The molecule has 0 aliphatic carbocycles. The van der Waals surface area contributed by atoms with Crippen LogP contribution in [0.3, 0.4) is 0 Å². The Balaban J connectivity index is 1.98. The fourth-order valence-electron chi connectivity index (χ4n) is 3.71. The quantitative estimate of drug-likeness (QED) is 0.234. The van der Waals surface area contributed by atoms with Crippen LogP contribution in [0.1, 0.15) is 28.0 Å². The topological polar surface area (TPSA) is 111 Å². The van der Waals surface area contributed by atoms with E-state index in [2.05, 4.69) is 4.72 Å². The summed E-state index contributed by atoms with van der Waals surface area (Å²) in [5.74, 6) is -0.850. The molecule has 0 amide bonds. The maximum absolute atomic E-state index is 14.7. The Labute approximate surface area is 178 Å². The van der Waals surface area contributed by atoms with Gasteiger partial charge in [-0.25, -0.2) is 17.5 Å². The van der Waals surface area contributed by atoms with E-state index in [0.717, 1.165) is 6.26 Å². The van der Waals surface area contributed by atoms with E-state index in [1.165, 1.54) is 30.3 Å². The number of nitro groups is 1. The van der Waals surface area contributed by atoms with Crippen LogP contribution in [-0.2, 0) is 23.0 Å². The lowest BCUT2D eigenvalue weighted by molar-refractivity contribution is -0.385. The Morgan fingerprint density at radius 2 is 1.90 bits per heavy atom. The number of carbonyl (C=O) groups is 1. The predicted molar refractivity (Wildman–Crippen MR) is 115 cm³/mol. The number of benzene rings is 2. The number of aryl methyl sites for hydroxylation is 1. The van der Waals surface area contributed by atoms with Crippen LogP contribution in [0.15, 0.2) is 42.5 Å². The molecule has 164 valence electrons. The third-order valence-electron chi connectivity index (χ3n) is 5.03. The van der Waals surface area contributed by atoms with Gasteiger partial charge in [0.05, 0.1) is 16.7 Å². The van der Waals surface area contributed by atoms with E-state index < -0.39 is 20.8 Å². The average Bonchev–Trinajstić information content (AvgIpc) is 2.97. The highest BCUT2D eigenvalue weighted by molar-refractivity contribution is 7.88. The standard InChI is InChI=1S/C21H22FN3O5S/c1-14-20(19(26)13-15-7-3-4-10-18(15)25(27)28)16-8-5-9-17(22)21(16)24(14)12-6-11-23-31(2,29)30/h3-5,7-10,23H,6,11-13H2,1-2H3. The number of Topliss-reactive ketones (excluding diaryl/α,β-unsaturated/α-hetero) is 1. The minimum atomic E-state index is -3.34. The van der Waals surface area contributed by atoms with Crippen molar-refractivity contribution in [3.05, 3.63) is 75.2 Å². The number of nitrogens with one attached hydrogen (secondary N) is 1. The van der Waals surface area contributed by atoms with Crippen molar-refractivity contribution >= 4 is 32.4 Å². The van der Waals surface area contributed by atoms with E-state index in [4.69, 9.17) is 0 Å². The van der Waals surface area contributed by atoms with Gasteiger partial charge in [-0.05, 0) is 19.4 Å². The highest BCUT2D eigenvalue weighted by Gasteiger charge is 2.24. The number of nitro benzene ring substituents is 1. The van der Waals surface area contributed by atoms with Gasteiger partial charge < -0.3 is 4.57 Å². The molecule has 0 saturated carbocycles. The first kappa shape index (κ1) is 22.6. The van der Waals surface area contributed by atoms with Crippen molar-refractivity contribution in [2.75, 3.05) is 12.8 Å². The molecule has 0 saturated heterocycles. The Bertz CT molecular complexity index is 1270. The lowest BCUT2D eigenvalue weighted by Crippen LogP contribution is -2.24. The molecule has 1 heterocycles. The number of ketones is 1. The van der Waals surface area contributed by atoms with Gasteiger partial charge in [0.2, 0.25) is 10.0 Å². The molecule has 0 aliphatic rings. The zero-order chi connectivity index (χ0) is 22.8. The molecular formula is C21H22FN3O5S. The van der Waals surface area contributed by atoms with E-state index in [9.17, 15) is 27.7 Å². The van der Waals surface area contributed by atoms with Crippen molar-refractivity contribution in [1.82, 2.24) is 9.29 Å². The fraction of sp³-hybridized carbons (Fsp3) is 0.286. The molecular weight excluding hydrogens is 425 g/mol. The van der Waals surface area contributed by atoms with Gasteiger partial charge in [-0.15, -0.1) is 0 Å². The summed E-state index contributed by atoms with van der Waals surface area (Å²) >= 11 is 0. The summed E-state index contributed by atoms with van der Waals surface area (Å²) in [5.41, 5.74) is 1.24. The number of fused-ring (bicyclic) bond motifs is 1. The van der Waals surface area contributed by atoms with Gasteiger partial charge >= 0.3 is 0 Å².